The number of carbonyl (C=O) groups excluding carboxylic acids is 1. The summed E-state index contributed by atoms with van der Waals surface area (Å²) in [4.78, 5) is 23.9. The second-order valence-corrected chi connectivity index (χ2v) is 11.0. The minimum absolute atomic E-state index is 0.172. The van der Waals surface area contributed by atoms with E-state index in [0.717, 1.165) is 60.4 Å². The van der Waals surface area contributed by atoms with Gasteiger partial charge in [0.25, 0.3) is 5.91 Å². The Morgan fingerprint density at radius 2 is 1.98 bits per heavy atom. The summed E-state index contributed by atoms with van der Waals surface area (Å²) in [7, 11) is 1.63. The molecule has 6 rings (SSSR count). The predicted molar refractivity (Wildman–Crippen MR) is 158 cm³/mol. The van der Waals surface area contributed by atoms with Crippen LogP contribution >= 0.6 is 22.7 Å². The van der Waals surface area contributed by atoms with Crippen molar-refractivity contribution in [3.05, 3.63) is 65.0 Å². The lowest BCUT2D eigenvalue weighted by Crippen LogP contribution is -2.37. The van der Waals surface area contributed by atoms with Crippen molar-refractivity contribution in [1.82, 2.24) is 14.9 Å². The number of morpholine rings is 1. The van der Waals surface area contributed by atoms with E-state index in [0.29, 0.717) is 40.3 Å². The number of rotatable bonds is 10. The fraction of sp³-hybridized carbons (Fsp3) is 0.276. The first-order valence-corrected chi connectivity index (χ1v) is 14.7. The number of amides is 1. The number of hydrogen-bond acceptors (Lipinski definition) is 10. The van der Waals surface area contributed by atoms with Gasteiger partial charge in [0, 0.05) is 48.7 Å². The maximum atomic E-state index is 12.4. The molecule has 1 aliphatic heterocycles. The first-order chi connectivity index (χ1) is 19.7. The first kappa shape index (κ1) is 26.5. The molecule has 11 heteroatoms. The number of thiazole rings is 1. The Morgan fingerprint density at radius 3 is 2.80 bits per heavy atom. The number of nitrogens with one attached hydrogen (secondary N) is 1. The molecule has 2 aromatic carbocycles. The molecule has 1 saturated heterocycles. The van der Waals surface area contributed by atoms with Crippen LogP contribution in [0.2, 0.25) is 0 Å². The van der Waals surface area contributed by atoms with Gasteiger partial charge in [-0.15, -0.1) is 0 Å². The van der Waals surface area contributed by atoms with Crippen LogP contribution in [0, 0.1) is 0 Å². The quantitative estimate of drug-likeness (QED) is 0.201. The van der Waals surface area contributed by atoms with Crippen LogP contribution in [0.3, 0.4) is 0 Å². The summed E-state index contributed by atoms with van der Waals surface area (Å²) < 4.78 is 24.4. The summed E-state index contributed by atoms with van der Waals surface area (Å²) in [6.45, 7) is 5.08. The van der Waals surface area contributed by atoms with Gasteiger partial charge in [0.15, 0.2) is 16.6 Å². The molecule has 0 saturated carbocycles. The molecule has 0 bridgehead atoms. The van der Waals surface area contributed by atoms with E-state index in [1.165, 1.54) is 22.7 Å². The number of benzene rings is 2. The molecule has 0 radical (unpaired) electrons. The molecular formula is C29H28N4O5S2. The molecule has 1 N–H and O–H groups in total. The second kappa shape index (κ2) is 12.2. The smallest absolute Gasteiger partial charge is 0.258 e. The third-order valence-electron chi connectivity index (χ3n) is 6.56. The van der Waals surface area contributed by atoms with Crippen molar-refractivity contribution in [2.24, 2.45) is 0 Å². The van der Waals surface area contributed by atoms with Gasteiger partial charge in [0.05, 0.1) is 48.2 Å². The van der Waals surface area contributed by atoms with Gasteiger partial charge in [0.2, 0.25) is 0 Å². The lowest BCUT2D eigenvalue weighted by molar-refractivity contribution is 0.0357. The summed E-state index contributed by atoms with van der Waals surface area (Å²) in [5.74, 6) is 2.42. The number of nitrogens with zero attached hydrogens (tertiary/aromatic N) is 3. The molecule has 206 valence electrons. The molecule has 1 amide bonds. The highest BCUT2D eigenvalue weighted by atomic mass is 32.1. The van der Waals surface area contributed by atoms with Crippen molar-refractivity contribution in [1.29, 1.82) is 0 Å². The molecule has 0 atom stereocenters. The van der Waals surface area contributed by atoms with E-state index in [-0.39, 0.29) is 5.91 Å². The third kappa shape index (κ3) is 6.02. The highest BCUT2D eigenvalue weighted by molar-refractivity contribution is 7.22. The zero-order valence-corrected chi connectivity index (χ0v) is 23.6. The molecule has 0 spiro atoms. The van der Waals surface area contributed by atoms with Gasteiger partial charge in [-0.3, -0.25) is 20.0 Å². The Kier molecular flexibility index (Phi) is 8.05. The standard InChI is InChI=1S/C29H28N4O5S2/c1-35-25-16-21-23(17-26(25)37-11-2-8-33-9-12-36-13-10-33)30-7-5-24(21)38-20-3-4-22-27(15-20)40-29(31-22)32-28(34)19-6-14-39-18-19/h3-7,14-18H,2,8-13H2,1H3,(H,31,32,34). The van der Waals surface area contributed by atoms with Gasteiger partial charge < -0.3 is 18.9 Å². The molecule has 5 aromatic rings. The van der Waals surface area contributed by atoms with Crippen LogP contribution in [0.5, 0.6) is 23.0 Å². The number of methoxy groups -OCH3 is 1. The average Bonchev–Trinajstić information content (AvgIpc) is 3.66. The Bertz CT molecular complexity index is 1620. The van der Waals surface area contributed by atoms with Crippen LogP contribution in [-0.4, -0.2) is 67.3 Å². The van der Waals surface area contributed by atoms with Crippen LogP contribution in [-0.2, 0) is 4.74 Å². The molecule has 3 aromatic heterocycles. The summed E-state index contributed by atoms with van der Waals surface area (Å²) in [6.07, 6.45) is 2.63. The minimum Gasteiger partial charge on any atom is -0.493 e. The molecular weight excluding hydrogens is 548 g/mol. The molecule has 0 aliphatic carbocycles. The molecule has 1 aliphatic rings. The van der Waals surface area contributed by atoms with Gasteiger partial charge in [-0.25, -0.2) is 4.98 Å². The zero-order chi connectivity index (χ0) is 27.3. The van der Waals surface area contributed by atoms with Crippen LogP contribution in [0.1, 0.15) is 16.8 Å². The van der Waals surface area contributed by atoms with E-state index in [1.54, 1.807) is 19.4 Å². The van der Waals surface area contributed by atoms with Gasteiger partial charge >= 0.3 is 0 Å². The predicted octanol–water partition coefficient (Wildman–Crippen LogP) is 6.06. The fourth-order valence-corrected chi connectivity index (χ4v) is 6.02. The van der Waals surface area contributed by atoms with Crippen molar-refractivity contribution in [3.63, 3.8) is 0 Å². The van der Waals surface area contributed by atoms with Gasteiger partial charge in [-0.1, -0.05) is 11.3 Å². The number of pyridine rings is 1. The molecule has 1 fully saturated rings. The zero-order valence-electron chi connectivity index (χ0n) is 21.9. The lowest BCUT2D eigenvalue weighted by Gasteiger charge is -2.26. The minimum atomic E-state index is -0.172. The van der Waals surface area contributed by atoms with Crippen molar-refractivity contribution < 1.29 is 23.7 Å². The van der Waals surface area contributed by atoms with Crippen molar-refractivity contribution in [3.8, 4) is 23.0 Å². The fourth-order valence-electron chi connectivity index (χ4n) is 4.50. The van der Waals surface area contributed by atoms with Crippen molar-refractivity contribution in [2.45, 2.75) is 6.42 Å². The number of ether oxygens (including phenoxy) is 4. The Morgan fingerprint density at radius 1 is 1.07 bits per heavy atom. The summed E-state index contributed by atoms with van der Waals surface area (Å²) >= 11 is 2.88. The topological polar surface area (TPSA) is 95.0 Å². The van der Waals surface area contributed by atoms with Crippen LogP contribution in [0.25, 0.3) is 21.1 Å². The maximum Gasteiger partial charge on any atom is 0.258 e. The molecule has 0 unspecified atom stereocenters. The number of anilines is 1. The normalized spacial score (nSPS) is 13.9. The van der Waals surface area contributed by atoms with E-state index < -0.39 is 0 Å². The molecule has 40 heavy (non-hydrogen) atoms. The lowest BCUT2D eigenvalue weighted by atomic mass is 10.1. The average molecular weight is 577 g/mol. The van der Waals surface area contributed by atoms with E-state index in [1.807, 2.05) is 47.2 Å². The van der Waals surface area contributed by atoms with Crippen molar-refractivity contribution >= 4 is 54.8 Å². The Hall–Kier alpha value is -3.77. The van der Waals surface area contributed by atoms with E-state index in [9.17, 15) is 4.79 Å². The Balaban J connectivity index is 1.16. The number of thiophene rings is 1. The van der Waals surface area contributed by atoms with Gasteiger partial charge in [-0.05, 0) is 42.1 Å². The highest BCUT2D eigenvalue weighted by Gasteiger charge is 2.15. The second-order valence-electron chi connectivity index (χ2n) is 9.20. The van der Waals surface area contributed by atoms with Crippen LogP contribution in [0.4, 0.5) is 5.13 Å². The number of fused-ring (bicyclic) bond motifs is 2. The van der Waals surface area contributed by atoms with Gasteiger partial charge in [-0.2, -0.15) is 11.3 Å². The summed E-state index contributed by atoms with van der Waals surface area (Å²) in [5, 5.41) is 7.91. The van der Waals surface area contributed by atoms with E-state index in [2.05, 4.69) is 20.2 Å². The summed E-state index contributed by atoms with van der Waals surface area (Å²) in [5.41, 5.74) is 2.16. The number of hydrogen-bond donors (Lipinski definition) is 1. The third-order valence-corrected chi connectivity index (χ3v) is 8.18. The van der Waals surface area contributed by atoms with Crippen molar-refractivity contribution in [2.75, 3.05) is 51.9 Å². The largest absolute Gasteiger partial charge is 0.493 e. The van der Waals surface area contributed by atoms with Gasteiger partial charge in [0.1, 0.15) is 11.5 Å². The monoisotopic (exact) mass is 576 g/mol. The SMILES string of the molecule is COc1cc2c(Oc3ccc4nc(NC(=O)c5ccsc5)sc4c3)ccnc2cc1OCCCN1CCOCC1. The highest BCUT2D eigenvalue weighted by Crippen LogP contribution is 2.38. The van der Waals surface area contributed by atoms with Crippen LogP contribution < -0.4 is 19.5 Å². The molecule has 4 heterocycles. The first-order valence-electron chi connectivity index (χ1n) is 13.0. The van der Waals surface area contributed by atoms with E-state index >= 15 is 0 Å². The number of carbonyl (C=O) groups is 1. The number of aromatic nitrogens is 2. The summed E-state index contributed by atoms with van der Waals surface area (Å²) in [6, 6.07) is 13.1. The van der Waals surface area contributed by atoms with Crippen LogP contribution in [0.15, 0.2) is 59.4 Å². The van der Waals surface area contributed by atoms with E-state index in [4.69, 9.17) is 18.9 Å². The molecule has 9 nitrogen and oxygen atoms in total. The Labute approximate surface area is 239 Å². The maximum absolute atomic E-state index is 12.4.